The number of nitrogens with zero attached hydrogens (tertiary/aromatic N) is 1. The van der Waals surface area contributed by atoms with E-state index in [1.807, 2.05) is 0 Å². The zero-order valence-corrected chi connectivity index (χ0v) is 10.7. The van der Waals surface area contributed by atoms with E-state index in [4.69, 9.17) is 16.3 Å². The van der Waals surface area contributed by atoms with Gasteiger partial charge in [-0.3, -0.25) is 4.79 Å². The van der Waals surface area contributed by atoms with E-state index in [1.165, 1.54) is 37.6 Å². The lowest BCUT2D eigenvalue weighted by molar-refractivity contribution is 0.102. The average Bonchev–Trinajstić information content (AvgIpc) is 2.39. The van der Waals surface area contributed by atoms with E-state index >= 15 is 0 Å². The Labute approximate surface area is 114 Å². The molecule has 0 spiro atoms. The first-order valence-electron chi connectivity index (χ1n) is 5.36. The number of nitrogens with one attached hydrogen (secondary N) is 1. The number of ether oxygens (including phenoxy) is 1. The summed E-state index contributed by atoms with van der Waals surface area (Å²) < 4.78 is 18.0. The van der Waals surface area contributed by atoms with Crippen LogP contribution in [0.15, 0.2) is 36.5 Å². The van der Waals surface area contributed by atoms with Crippen LogP contribution in [0.5, 0.6) is 5.75 Å². The fraction of sp³-hybridized carbons (Fsp3) is 0.0769. The lowest BCUT2D eigenvalue weighted by Gasteiger charge is -2.07. The van der Waals surface area contributed by atoms with E-state index < -0.39 is 11.7 Å². The molecule has 0 fully saturated rings. The summed E-state index contributed by atoms with van der Waals surface area (Å²) >= 11 is 5.78. The summed E-state index contributed by atoms with van der Waals surface area (Å²) in [6, 6.07) is 6.95. The summed E-state index contributed by atoms with van der Waals surface area (Å²) in [5.74, 6) is -0.625. The number of carbonyl (C=O) groups is 1. The lowest BCUT2D eigenvalue weighted by atomic mass is 10.2. The maximum atomic E-state index is 13.2. The largest absolute Gasteiger partial charge is 0.494 e. The highest BCUT2D eigenvalue weighted by Gasteiger charge is 2.11. The van der Waals surface area contributed by atoms with Crippen LogP contribution in [-0.4, -0.2) is 18.0 Å². The topological polar surface area (TPSA) is 51.2 Å². The van der Waals surface area contributed by atoms with Gasteiger partial charge in [0.25, 0.3) is 5.91 Å². The van der Waals surface area contributed by atoms with E-state index in [2.05, 4.69) is 10.3 Å². The number of aromatic nitrogens is 1. The van der Waals surface area contributed by atoms with Crippen molar-refractivity contribution in [1.29, 1.82) is 0 Å². The molecule has 6 heteroatoms. The summed E-state index contributed by atoms with van der Waals surface area (Å²) in [5.41, 5.74) is 0.264. The highest BCUT2D eigenvalue weighted by atomic mass is 35.5. The van der Waals surface area contributed by atoms with E-state index in [1.54, 1.807) is 6.07 Å². The van der Waals surface area contributed by atoms with Crippen LogP contribution in [0.1, 0.15) is 10.4 Å². The molecule has 1 aromatic carbocycles. The molecule has 2 rings (SSSR count). The number of carbonyl (C=O) groups excluding carboxylic acids is 1. The Kier molecular flexibility index (Phi) is 3.97. The van der Waals surface area contributed by atoms with E-state index in [0.717, 1.165) is 0 Å². The molecule has 0 radical (unpaired) electrons. The zero-order valence-electron chi connectivity index (χ0n) is 9.98. The van der Waals surface area contributed by atoms with E-state index in [9.17, 15) is 9.18 Å². The number of pyridine rings is 1. The minimum atomic E-state index is -0.528. The number of rotatable bonds is 3. The highest BCUT2D eigenvalue weighted by molar-refractivity contribution is 6.30. The van der Waals surface area contributed by atoms with Crippen molar-refractivity contribution in [2.24, 2.45) is 0 Å². The van der Waals surface area contributed by atoms with Crippen molar-refractivity contribution in [2.75, 3.05) is 12.4 Å². The third kappa shape index (κ3) is 3.20. The summed E-state index contributed by atoms with van der Waals surface area (Å²) in [6.45, 7) is 0. The van der Waals surface area contributed by atoms with Crippen LogP contribution in [0.3, 0.4) is 0 Å². The van der Waals surface area contributed by atoms with E-state index in [0.29, 0.717) is 10.8 Å². The fourth-order valence-corrected chi connectivity index (χ4v) is 1.62. The van der Waals surface area contributed by atoms with Gasteiger partial charge in [-0.25, -0.2) is 9.37 Å². The van der Waals surface area contributed by atoms with Gasteiger partial charge in [0.15, 0.2) is 11.6 Å². The van der Waals surface area contributed by atoms with Crippen molar-refractivity contribution >= 4 is 23.3 Å². The summed E-state index contributed by atoms with van der Waals surface area (Å²) in [5, 5.41) is 3.02. The molecule has 1 amide bonds. The molecule has 0 unspecified atom stereocenters. The van der Waals surface area contributed by atoms with Gasteiger partial charge in [0.2, 0.25) is 0 Å². The van der Waals surface area contributed by atoms with Gasteiger partial charge in [0.05, 0.1) is 7.11 Å². The van der Waals surface area contributed by atoms with Crippen LogP contribution < -0.4 is 10.1 Å². The summed E-state index contributed by atoms with van der Waals surface area (Å²) in [4.78, 5) is 15.9. The average molecular weight is 281 g/mol. The number of benzene rings is 1. The molecule has 0 aliphatic heterocycles. The number of halogens is 2. The van der Waals surface area contributed by atoms with E-state index in [-0.39, 0.29) is 11.3 Å². The third-order valence-corrected chi connectivity index (χ3v) is 2.61. The van der Waals surface area contributed by atoms with Gasteiger partial charge in [-0.15, -0.1) is 0 Å². The van der Waals surface area contributed by atoms with Crippen LogP contribution >= 0.6 is 11.6 Å². The van der Waals surface area contributed by atoms with Crippen LogP contribution in [0.4, 0.5) is 10.2 Å². The molecule has 4 nitrogen and oxygen atoms in total. The van der Waals surface area contributed by atoms with Gasteiger partial charge >= 0.3 is 0 Å². The standard InChI is InChI=1S/C13H10ClFN2O2/c1-19-11-6-8(2-3-10(11)15)13(18)17-12-7-9(14)4-5-16-12/h2-7H,1H3,(H,16,17,18). The van der Waals surface area contributed by atoms with Crippen molar-refractivity contribution in [2.45, 2.75) is 0 Å². The number of amides is 1. The lowest BCUT2D eigenvalue weighted by Crippen LogP contribution is -2.13. The Morgan fingerprint density at radius 2 is 2.16 bits per heavy atom. The van der Waals surface area contributed by atoms with Crippen molar-refractivity contribution in [1.82, 2.24) is 4.98 Å². The molecule has 0 saturated heterocycles. The van der Waals surface area contributed by atoms with Crippen molar-refractivity contribution in [3.05, 3.63) is 52.9 Å². The molecule has 98 valence electrons. The first-order valence-corrected chi connectivity index (χ1v) is 5.74. The molecule has 1 heterocycles. The number of anilines is 1. The predicted molar refractivity (Wildman–Crippen MR) is 70.2 cm³/mol. The van der Waals surface area contributed by atoms with Crippen LogP contribution in [-0.2, 0) is 0 Å². The molecule has 1 aromatic heterocycles. The Balaban J connectivity index is 2.20. The van der Waals surface area contributed by atoms with Crippen molar-refractivity contribution in [3.63, 3.8) is 0 Å². The van der Waals surface area contributed by atoms with Gasteiger partial charge in [-0.05, 0) is 30.3 Å². The maximum absolute atomic E-state index is 13.2. The minimum Gasteiger partial charge on any atom is -0.494 e. The summed E-state index contributed by atoms with van der Waals surface area (Å²) in [7, 11) is 1.33. The van der Waals surface area contributed by atoms with Gasteiger partial charge in [0, 0.05) is 16.8 Å². The summed E-state index contributed by atoms with van der Waals surface area (Å²) in [6.07, 6.45) is 1.48. The van der Waals surface area contributed by atoms with Gasteiger partial charge in [-0.2, -0.15) is 0 Å². The molecule has 0 aliphatic carbocycles. The second-order valence-corrected chi connectivity index (χ2v) is 4.10. The molecule has 0 atom stereocenters. The molecular weight excluding hydrogens is 271 g/mol. The maximum Gasteiger partial charge on any atom is 0.256 e. The predicted octanol–water partition coefficient (Wildman–Crippen LogP) is 3.14. The van der Waals surface area contributed by atoms with Crippen LogP contribution in [0.25, 0.3) is 0 Å². The van der Waals surface area contributed by atoms with Crippen molar-refractivity contribution < 1.29 is 13.9 Å². The number of hydrogen-bond acceptors (Lipinski definition) is 3. The van der Waals surface area contributed by atoms with Crippen molar-refractivity contribution in [3.8, 4) is 5.75 Å². The Morgan fingerprint density at radius 3 is 2.84 bits per heavy atom. The molecule has 19 heavy (non-hydrogen) atoms. The number of methoxy groups -OCH3 is 1. The zero-order chi connectivity index (χ0) is 13.8. The molecule has 0 aliphatic rings. The molecule has 2 aromatic rings. The number of hydrogen-bond donors (Lipinski definition) is 1. The minimum absolute atomic E-state index is 0.00621. The Hall–Kier alpha value is -2.14. The quantitative estimate of drug-likeness (QED) is 0.940. The van der Waals surface area contributed by atoms with Gasteiger partial charge < -0.3 is 10.1 Å². The molecule has 0 bridgehead atoms. The fourth-order valence-electron chi connectivity index (χ4n) is 1.46. The van der Waals surface area contributed by atoms with Crippen LogP contribution in [0, 0.1) is 5.82 Å². The highest BCUT2D eigenvalue weighted by Crippen LogP contribution is 2.19. The van der Waals surface area contributed by atoms with Crippen LogP contribution in [0.2, 0.25) is 5.02 Å². The third-order valence-electron chi connectivity index (χ3n) is 2.38. The van der Waals surface area contributed by atoms with Gasteiger partial charge in [0.1, 0.15) is 5.82 Å². The monoisotopic (exact) mass is 280 g/mol. The van der Waals surface area contributed by atoms with Gasteiger partial charge in [-0.1, -0.05) is 11.6 Å². The smallest absolute Gasteiger partial charge is 0.256 e. The Morgan fingerprint density at radius 1 is 1.37 bits per heavy atom. The first kappa shape index (κ1) is 13.3. The normalized spacial score (nSPS) is 10.1. The second-order valence-electron chi connectivity index (χ2n) is 3.66. The Bertz CT molecular complexity index is 619. The molecule has 1 N–H and O–H groups in total. The molecule has 0 saturated carbocycles. The SMILES string of the molecule is COc1cc(C(=O)Nc2cc(Cl)ccn2)ccc1F. The second kappa shape index (κ2) is 5.67. The molecular formula is C13H10ClFN2O2. The first-order chi connectivity index (χ1) is 9.10.